The Bertz CT molecular complexity index is 1360. The van der Waals surface area contributed by atoms with Crippen molar-refractivity contribution in [3.8, 4) is 0 Å². The lowest BCUT2D eigenvalue weighted by molar-refractivity contribution is -0.117. The first-order valence-electron chi connectivity index (χ1n) is 9.72. The van der Waals surface area contributed by atoms with Crippen molar-refractivity contribution in [1.29, 1.82) is 0 Å². The molecule has 0 bridgehead atoms. The average Bonchev–Trinajstić information content (AvgIpc) is 2.76. The van der Waals surface area contributed by atoms with E-state index in [1.54, 1.807) is 19.1 Å². The van der Waals surface area contributed by atoms with Crippen molar-refractivity contribution in [2.24, 2.45) is 0 Å². The lowest BCUT2D eigenvalue weighted by Gasteiger charge is -2.37. The van der Waals surface area contributed by atoms with Crippen molar-refractivity contribution in [3.05, 3.63) is 66.6 Å². The van der Waals surface area contributed by atoms with Crippen molar-refractivity contribution in [3.63, 3.8) is 0 Å². The number of hydrogen-bond donors (Lipinski definition) is 2. The number of carbonyl (C=O) groups is 2. The number of aromatic nitrogens is 2. The summed E-state index contributed by atoms with van der Waals surface area (Å²) in [4.78, 5) is 53.8. The molecule has 2 heterocycles. The van der Waals surface area contributed by atoms with Gasteiger partial charge in [-0.2, -0.15) is 0 Å². The monoisotopic (exact) mass is 476 g/mol. The second-order valence-corrected chi connectivity index (χ2v) is 7.88. The normalized spacial score (nSPS) is 14.7. The summed E-state index contributed by atoms with van der Waals surface area (Å²) >= 11 is 12.5. The Kier molecular flexibility index (Phi) is 5.70. The number of benzene rings is 2. The van der Waals surface area contributed by atoms with Gasteiger partial charge in [-0.1, -0.05) is 23.2 Å². The van der Waals surface area contributed by atoms with Gasteiger partial charge >= 0.3 is 17.1 Å². The van der Waals surface area contributed by atoms with Crippen molar-refractivity contribution < 1.29 is 14.3 Å². The van der Waals surface area contributed by atoms with E-state index < -0.39 is 23.3 Å². The zero-order valence-electron chi connectivity index (χ0n) is 17.1. The highest BCUT2D eigenvalue weighted by atomic mass is 35.5. The maximum Gasteiger partial charge on any atom is 0.338 e. The molecule has 1 aromatic heterocycles. The summed E-state index contributed by atoms with van der Waals surface area (Å²) in [5.41, 5.74) is 0.0874. The number of hydrogen-bond acceptors (Lipinski definition) is 6. The molecule has 1 atom stereocenters. The molecule has 0 spiro atoms. The summed E-state index contributed by atoms with van der Waals surface area (Å²) in [5.74, 6) is -0.856. The van der Waals surface area contributed by atoms with Crippen LogP contribution < -0.4 is 21.3 Å². The largest absolute Gasteiger partial charge is 0.462 e. The van der Waals surface area contributed by atoms with Crippen LogP contribution >= 0.6 is 23.2 Å². The van der Waals surface area contributed by atoms with Crippen LogP contribution in [0.5, 0.6) is 0 Å². The predicted octanol–water partition coefficient (Wildman–Crippen LogP) is 3.15. The lowest BCUT2D eigenvalue weighted by Crippen LogP contribution is -2.50. The van der Waals surface area contributed by atoms with Crippen LogP contribution in [0.15, 0.2) is 39.9 Å². The van der Waals surface area contributed by atoms with Crippen LogP contribution in [0.3, 0.4) is 0 Å². The minimum Gasteiger partial charge on any atom is -0.462 e. The van der Waals surface area contributed by atoms with E-state index in [1.165, 1.54) is 34.6 Å². The number of amides is 1. The number of esters is 1. The maximum absolute atomic E-state index is 12.9. The molecule has 4 rings (SSSR count). The molecular weight excluding hydrogens is 459 g/mol. The van der Waals surface area contributed by atoms with Crippen LogP contribution in [0, 0.1) is 0 Å². The Morgan fingerprint density at radius 2 is 1.91 bits per heavy atom. The van der Waals surface area contributed by atoms with Crippen molar-refractivity contribution >= 4 is 57.5 Å². The summed E-state index contributed by atoms with van der Waals surface area (Å²) in [7, 11) is 0. The van der Waals surface area contributed by atoms with Gasteiger partial charge in [-0.25, -0.2) is 4.79 Å². The van der Waals surface area contributed by atoms with E-state index in [4.69, 9.17) is 27.9 Å². The minimum absolute atomic E-state index is 0.0880. The Hall–Kier alpha value is -3.30. The fourth-order valence-electron chi connectivity index (χ4n) is 3.82. The van der Waals surface area contributed by atoms with Crippen LogP contribution in [-0.2, 0) is 9.53 Å². The zero-order valence-corrected chi connectivity index (χ0v) is 18.6. The van der Waals surface area contributed by atoms with Gasteiger partial charge in [0, 0.05) is 12.6 Å². The highest BCUT2D eigenvalue weighted by Crippen LogP contribution is 2.40. The molecule has 1 unspecified atom stereocenters. The topological polar surface area (TPSA) is 114 Å². The summed E-state index contributed by atoms with van der Waals surface area (Å²) in [6, 6.07) is 7.66. The fourth-order valence-corrected chi connectivity index (χ4v) is 4.24. The van der Waals surface area contributed by atoms with Gasteiger partial charge in [0.15, 0.2) is 0 Å². The van der Waals surface area contributed by atoms with Gasteiger partial charge in [0.1, 0.15) is 6.17 Å². The van der Waals surface area contributed by atoms with E-state index in [1.807, 2.05) is 0 Å². The van der Waals surface area contributed by atoms with Gasteiger partial charge in [-0.3, -0.25) is 23.9 Å². The number of H-pyrrole nitrogens is 1. The molecule has 9 nitrogen and oxygen atoms in total. The minimum atomic E-state index is -0.872. The van der Waals surface area contributed by atoms with Gasteiger partial charge in [0.25, 0.3) is 0 Å². The fraction of sp³-hybridized carbons (Fsp3) is 0.238. The van der Waals surface area contributed by atoms with E-state index >= 15 is 0 Å². The van der Waals surface area contributed by atoms with Gasteiger partial charge in [-0.15, -0.1) is 0 Å². The average molecular weight is 477 g/mol. The Morgan fingerprint density at radius 3 is 2.53 bits per heavy atom. The molecule has 0 radical (unpaired) electrons. The number of rotatable bonds is 4. The maximum atomic E-state index is 12.9. The molecule has 1 aliphatic heterocycles. The van der Waals surface area contributed by atoms with E-state index in [0.29, 0.717) is 28.0 Å². The van der Waals surface area contributed by atoms with E-state index in [-0.39, 0.29) is 29.1 Å². The Balaban J connectivity index is 1.89. The molecule has 0 saturated carbocycles. The number of nitrogens with zero attached hydrogens (tertiary/aromatic N) is 2. The van der Waals surface area contributed by atoms with Crippen molar-refractivity contribution in [2.75, 3.05) is 23.4 Å². The highest BCUT2D eigenvalue weighted by Gasteiger charge is 2.33. The molecule has 0 aliphatic carbocycles. The third kappa shape index (κ3) is 3.53. The SMILES string of the molecule is CCOC(=O)c1ccc(N(C(C)=O)C2CNc3c(Cl)c(Cl)cc4[nH]c(=O)c(=O)n2c34)cc1. The molecular formula is C21H18Cl2N4O5. The Labute approximate surface area is 191 Å². The number of anilines is 2. The van der Waals surface area contributed by atoms with E-state index in [0.717, 1.165) is 0 Å². The molecule has 1 aliphatic rings. The first kappa shape index (κ1) is 21.9. The first-order valence-corrected chi connectivity index (χ1v) is 10.5. The van der Waals surface area contributed by atoms with E-state index in [2.05, 4.69) is 10.3 Å². The van der Waals surface area contributed by atoms with Gasteiger partial charge in [0.2, 0.25) is 5.91 Å². The standard InChI is InChI=1S/C21H18Cl2N4O5/c1-3-32-21(31)11-4-6-12(7-5-11)26(10(2)28)15-9-24-17-16(23)13(22)8-14-18(17)27(15)20(30)19(29)25-14/h4-8,15,24H,3,9H2,1-2H3,(H,25,29). The summed E-state index contributed by atoms with van der Waals surface area (Å²) in [5, 5.41) is 3.53. The van der Waals surface area contributed by atoms with E-state index in [9.17, 15) is 19.2 Å². The van der Waals surface area contributed by atoms with Crippen LogP contribution in [0.25, 0.3) is 11.0 Å². The predicted molar refractivity (Wildman–Crippen MR) is 122 cm³/mol. The quantitative estimate of drug-likeness (QED) is 0.441. The molecule has 0 saturated heterocycles. The number of aromatic amines is 1. The second-order valence-electron chi connectivity index (χ2n) is 7.09. The molecule has 166 valence electrons. The lowest BCUT2D eigenvalue weighted by atomic mass is 10.1. The van der Waals surface area contributed by atoms with Crippen LogP contribution in [-0.4, -0.2) is 34.6 Å². The molecule has 32 heavy (non-hydrogen) atoms. The molecule has 11 heteroatoms. The third-order valence-corrected chi connectivity index (χ3v) is 5.94. The molecule has 0 fully saturated rings. The van der Waals surface area contributed by atoms with Gasteiger partial charge in [0.05, 0.1) is 45.5 Å². The van der Waals surface area contributed by atoms with Crippen LogP contribution in [0.4, 0.5) is 11.4 Å². The van der Waals surface area contributed by atoms with Gasteiger partial charge in [-0.05, 0) is 37.3 Å². The summed E-state index contributed by atoms with van der Waals surface area (Å²) < 4.78 is 6.22. The number of nitrogens with one attached hydrogen (secondary N) is 2. The number of carbonyl (C=O) groups excluding carboxylic acids is 2. The number of ether oxygens (including phenoxy) is 1. The van der Waals surface area contributed by atoms with Gasteiger partial charge < -0.3 is 15.0 Å². The molecule has 3 aromatic rings. The van der Waals surface area contributed by atoms with Crippen molar-refractivity contribution in [1.82, 2.24) is 9.55 Å². The molecule has 2 aromatic carbocycles. The summed E-state index contributed by atoms with van der Waals surface area (Å²) in [6.07, 6.45) is -0.872. The molecule has 1 amide bonds. The Morgan fingerprint density at radius 1 is 1.22 bits per heavy atom. The first-order chi connectivity index (χ1) is 15.2. The highest BCUT2D eigenvalue weighted by molar-refractivity contribution is 6.45. The smallest absolute Gasteiger partial charge is 0.338 e. The summed E-state index contributed by atoms with van der Waals surface area (Å²) in [6.45, 7) is 3.38. The third-order valence-electron chi connectivity index (χ3n) is 5.15. The second kappa shape index (κ2) is 8.33. The van der Waals surface area contributed by atoms with Crippen molar-refractivity contribution in [2.45, 2.75) is 20.0 Å². The zero-order chi connectivity index (χ0) is 23.2. The van der Waals surface area contributed by atoms with Crippen LogP contribution in [0.1, 0.15) is 30.4 Å². The van der Waals surface area contributed by atoms with Crippen LogP contribution in [0.2, 0.25) is 10.0 Å². The molecule has 2 N–H and O–H groups in total. The number of halogens is 2.